The molecule has 0 saturated heterocycles. The third-order valence-electron chi connectivity index (χ3n) is 5.10. The summed E-state index contributed by atoms with van der Waals surface area (Å²) in [5.74, 6) is 0.937. The van der Waals surface area contributed by atoms with Crippen LogP contribution in [0.3, 0.4) is 0 Å². The molecule has 0 spiro atoms. The topological polar surface area (TPSA) is 58.6 Å². The van der Waals surface area contributed by atoms with E-state index in [0.29, 0.717) is 17.4 Å². The molecule has 1 aliphatic heterocycles. The van der Waals surface area contributed by atoms with Crippen molar-refractivity contribution < 1.29 is 14.3 Å². The quantitative estimate of drug-likeness (QED) is 0.781. The number of amides is 2. The molecular weight excluding hydrogens is 384 g/mol. The fraction of sp³-hybridized carbons (Fsp3) is 0.579. The van der Waals surface area contributed by atoms with Gasteiger partial charge in [-0.05, 0) is 43.4 Å². The molecule has 2 atom stereocenters. The van der Waals surface area contributed by atoms with Gasteiger partial charge >= 0.3 is 0 Å². The first kappa shape index (κ1) is 18.2. The normalized spacial score (nSPS) is 22.5. The van der Waals surface area contributed by atoms with Crippen molar-refractivity contribution in [2.45, 2.75) is 51.5 Å². The Labute approximate surface area is 157 Å². The second kappa shape index (κ2) is 8.21. The zero-order valence-electron chi connectivity index (χ0n) is 14.6. The van der Waals surface area contributed by atoms with Crippen molar-refractivity contribution in [2.75, 3.05) is 18.1 Å². The van der Waals surface area contributed by atoms with Crippen LogP contribution in [-0.4, -0.2) is 31.0 Å². The Morgan fingerprint density at radius 3 is 3.04 bits per heavy atom. The van der Waals surface area contributed by atoms with Crippen molar-refractivity contribution in [3.63, 3.8) is 0 Å². The summed E-state index contributed by atoms with van der Waals surface area (Å²) in [5.41, 5.74) is 0.656. The number of halogens is 1. The fourth-order valence-corrected chi connectivity index (χ4v) is 4.13. The molecule has 0 radical (unpaired) electrons. The fourth-order valence-electron chi connectivity index (χ4n) is 3.79. The van der Waals surface area contributed by atoms with Gasteiger partial charge in [-0.1, -0.05) is 42.1 Å². The number of carbonyl (C=O) groups is 2. The second-order valence-corrected chi connectivity index (χ2v) is 7.80. The highest BCUT2D eigenvalue weighted by atomic mass is 79.9. The summed E-state index contributed by atoms with van der Waals surface area (Å²) < 4.78 is 6.35. The molecule has 1 fully saturated rings. The molecule has 5 nitrogen and oxygen atoms in total. The van der Waals surface area contributed by atoms with E-state index in [1.165, 1.54) is 37.0 Å². The van der Waals surface area contributed by atoms with E-state index in [4.69, 9.17) is 4.74 Å². The predicted octanol–water partition coefficient (Wildman–Crippen LogP) is 3.65. The van der Waals surface area contributed by atoms with Gasteiger partial charge in [-0.2, -0.15) is 0 Å². The van der Waals surface area contributed by atoms with Gasteiger partial charge in [0.05, 0.1) is 5.69 Å². The van der Waals surface area contributed by atoms with Gasteiger partial charge in [-0.3, -0.25) is 14.5 Å². The monoisotopic (exact) mass is 408 g/mol. The van der Waals surface area contributed by atoms with Gasteiger partial charge in [0.2, 0.25) is 5.91 Å². The maximum absolute atomic E-state index is 12.6. The molecule has 6 heteroatoms. The lowest BCUT2D eigenvalue weighted by Crippen LogP contribution is -2.48. The molecular formula is C19H25BrN2O3. The van der Waals surface area contributed by atoms with Crippen LogP contribution in [0.1, 0.15) is 45.4 Å². The molecule has 2 unspecified atom stereocenters. The van der Waals surface area contributed by atoms with E-state index in [-0.39, 0.29) is 31.0 Å². The molecule has 1 aromatic rings. The summed E-state index contributed by atoms with van der Waals surface area (Å²) in [5, 5.41) is 3.16. The van der Waals surface area contributed by atoms with Crippen molar-refractivity contribution in [2.24, 2.45) is 5.92 Å². The summed E-state index contributed by atoms with van der Waals surface area (Å²) in [4.78, 5) is 26.3. The molecule has 0 bridgehead atoms. The number of ether oxygens (including phenoxy) is 1. The first-order valence-corrected chi connectivity index (χ1v) is 9.90. The van der Waals surface area contributed by atoms with Gasteiger partial charge in [-0.15, -0.1) is 0 Å². The van der Waals surface area contributed by atoms with Gasteiger partial charge in [-0.25, -0.2) is 0 Å². The number of hydrogen-bond acceptors (Lipinski definition) is 3. The van der Waals surface area contributed by atoms with Gasteiger partial charge in [0.1, 0.15) is 12.3 Å². The molecule has 25 heavy (non-hydrogen) atoms. The third kappa shape index (κ3) is 4.35. The van der Waals surface area contributed by atoms with Crippen LogP contribution in [0.15, 0.2) is 22.7 Å². The van der Waals surface area contributed by atoms with E-state index in [9.17, 15) is 9.59 Å². The number of nitrogens with zero attached hydrogens (tertiary/aromatic N) is 1. The van der Waals surface area contributed by atoms with E-state index < -0.39 is 0 Å². The third-order valence-corrected chi connectivity index (χ3v) is 5.59. The van der Waals surface area contributed by atoms with Crippen LogP contribution in [0.2, 0.25) is 0 Å². The molecule has 136 valence electrons. The Morgan fingerprint density at radius 1 is 1.40 bits per heavy atom. The lowest BCUT2D eigenvalue weighted by Gasteiger charge is -2.30. The van der Waals surface area contributed by atoms with Crippen molar-refractivity contribution in [1.29, 1.82) is 0 Å². The van der Waals surface area contributed by atoms with E-state index >= 15 is 0 Å². The van der Waals surface area contributed by atoms with Gasteiger partial charge in [0, 0.05) is 10.5 Å². The van der Waals surface area contributed by atoms with Crippen LogP contribution in [0.25, 0.3) is 0 Å². The SMILES string of the molecule is CCCCC1CCCC1NC(=O)CN1C(=O)COc2cc(Br)ccc21. The Kier molecular flexibility index (Phi) is 5.99. The Balaban J connectivity index is 1.64. The zero-order chi connectivity index (χ0) is 17.8. The predicted molar refractivity (Wildman–Crippen MR) is 101 cm³/mol. The first-order chi connectivity index (χ1) is 12.1. The van der Waals surface area contributed by atoms with Crippen LogP contribution in [-0.2, 0) is 9.59 Å². The summed E-state index contributed by atoms with van der Waals surface area (Å²) in [6.45, 7) is 2.22. The lowest BCUT2D eigenvalue weighted by molar-refractivity contribution is -0.125. The molecule has 0 aromatic heterocycles. The number of unbranched alkanes of at least 4 members (excludes halogenated alkanes) is 1. The molecule has 1 aliphatic carbocycles. The average Bonchev–Trinajstić information content (AvgIpc) is 3.02. The van der Waals surface area contributed by atoms with E-state index in [1.807, 2.05) is 18.2 Å². The molecule has 2 amide bonds. The summed E-state index contributed by atoms with van der Waals surface area (Å²) >= 11 is 3.40. The van der Waals surface area contributed by atoms with Crippen LogP contribution in [0, 0.1) is 5.92 Å². The molecule has 1 heterocycles. The number of nitrogens with one attached hydrogen (secondary N) is 1. The smallest absolute Gasteiger partial charge is 0.265 e. The maximum atomic E-state index is 12.6. The first-order valence-electron chi connectivity index (χ1n) is 9.10. The Bertz CT molecular complexity index is 650. The minimum absolute atomic E-state index is 0.0285. The van der Waals surface area contributed by atoms with Crippen LogP contribution >= 0.6 is 15.9 Å². The van der Waals surface area contributed by atoms with E-state index in [1.54, 1.807) is 0 Å². The lowest BCUT2D eigenvalue weighted by atomic mass is 9.97. The Morgan fingerprint density at radius 2 is 2.24 bits per heavy atom. The summed E-state index contributed by atoms with van der Waals surface area (Å²) in [7, 11) is 0. The minimum Gasteiger partial charge on any atom is -0.482 e. The number of rotatable bonds is 6. The summed E-state index contributed by atoms with van der Waals surface area (Å²) in [6, 6.07) is 5.73. The highest BCUT2D eigenvalue weighted by molar-refractivity contribution is 9.10. The standard InChI is InChI=1S/C19H25BrN2O3/c1-2-3-5-13-6-4-7-15(13)21-18(23)11-22-16-9-8-14(20)10-17(16)25-12-19(22)24/h8-10,13,15H,2-7,11-12H2,1H3,(H,21,23). The van der Waals surface area contributed by atoms with Gasteiger partial charge < -0.3 is 10.1 Å². The highest BCUT2D eigenvalue weighted by Crippen LogP contribution is 2.34. The van der Waals surface area contributed by atoms with E-state index in [0.717, 1.165) is 10.9 Å². The van der Waals surface area contributed by atoms with Crippen molar-refractivity contribution in [3.05, 3.63) is 22.7 Å². The van der Waals surface area contributed by atoms with Gasteiger partial charge in [0.25, 0.3) is 5.91 Å². The van der Waals surface area contributed by atoms with Crippen molar-refractivity contribution >= 4 is 33.4 Å². The second-order valence-electron chi connectivity index (χ2n) is 6.89. The molecule has 3 rings (SSSR count). The summed E-state index contributed by atoms with van der Waals surface area (Å²) in [6.07, 6.45) is 6.98. The number of hydrogen-bond donors (Lipinski definition) is 1. The van der Waals surface area contributed by atoms with Crippen LogP contribution in [0.5, 0.6) is 5.75 Å². The number of carbonyl (C=O) groups excluding carboxylic acids is 2. The number of benzene rings is 1. The van der Waals surface area contributed by atoms with Crippen molar-refractivity contribution in [3.8, 4) is 5.75 Å². The van der Waals surface area contributed by atoms with Crippen LogP contribution < -0.4 is 15.0 Å². The van der Waals surface area contributed by atoms with Crippen molar-refractivity contribution in [1.82, 2.24) is 5.32 Å². The maximum Gasteiger partial charge on any atom is 0.265 e. The largest absolute Gasteiger partial charge is 0.482 e. The minimum atomic E-state index is -0.182. The highest BCUT2D eigenvalue weighted by Gasteiger charge is 2.31. The zero-order valence-corrected chi connectivity index (χ0v) is 16.2. The molecule has 2 aliphatic rings. The van der Waals surface area contributed by atoms with Crippen LogP contribution in [0.4, 0.5) is 5.69 Å². The molecule has 1 saturated carbocycles. The number of anilines is 1. The number of fused-ring (bicyclic) bond motifs is 1. The van der Waals surface area contributed by atoms with Gasteiger partial charge in [0.15, 0.2) is 6.61 Å². The average molecular weight is 409 g/mol. The Hall–Kier alpha value is -1.56. The molecule has 1 N–H and O–H groups in total. The van der Waals surface area contributed by atoms with E-state index in [2.05, 4.69) is 28.2 Å². The molecule has 1 aromatic carbocycles.